The molecule has 0 aliphatic rings. The predicted molar refractivity (Wildman–Crippen MR) is 61.7 cm³/mol. The number of hydrogen-bond donors (Lipinski definition) is 0. The lowest BCUT2D eigenvalue weighted by Gasteiger charge is -1.99. The Balaban J connectivity index is 2.97. The number of allylic oxidation sites excluding steroid dienone is 1. The van der Waals surface area contributed by atoms with Crippen LogP contribution in [-0.2, 0) is 0 Å². The zero-order chi connectivity index (χ0) is 8.97. The van der Waals surface area contributed by atoms with E-state index in [1.165, 1.54) is 11.1 Å². The predicted octanol–water partition coefficient (Wildman–Crippen LogP) is 4.17. The minimum Gasteiger partial charge on any atom is -0.0883 e. The SMILES string of the molecule is Cc1ccc(Br)c(C=CCBr)c1. The second-order valence-corrected chi connectivity index (χ2v) is 4.08. The first-order valence-corrected chi connectivity index (χ1v) is 5.64. The van der Waals surface area contributed by atoms with Crippen molar-refractivity contribution < 1.29 is 0 Å². The van der Waals surface area contributed by atoms with E-state index in [1.807, 2.05) is 0 Å². The maximum absolute atomic E-state index is 3.49. The van der Waals surface area contributed by atoms with Crippen molar-refractivity contribution in [1.82, 2.24) is 0 Å². The van der Waals surface area contributed by atoms with Crippen LogP contribution in [0.25, 0.3) is 6.08 Å². The normalized spacial score (nSPS) is 10.9. The molecule has 0 aliphatic heterocycles. The third kappa shape index (κ3) is 2.76. The van der Waals surface area contributed by atoms with Gasteiger partial charge in [0.05, 0.1) is 0 Å². The molecule has 2 heteroatoms. The first-order valence-electron chi connectivity index (χ1n) is 3.72. The second-order valence-electron chi connectivity index (χ2n) is 2.58. The van der Waals surface area contributed by atoms with E-state index in [9.17, 15) is 0 Å². The van der Waals surface area contributed by atoms with Gasteiger partial charge >= 0.3 is 0 Å². The highest BCUT2D eigenvalue weighted by atomic mass is 79.9. The van der Waals surface area contributed by atoms with Gasteiger partial charge in [0.2, 0.25) is 0 Å². The lowest BCUT2D eigenvalue weighted by molar-refractivity contribution is 1.44. The van der Waals surface area contributed by atoms with E-state index in [1.54, 1.807) is 0 Å². The molecule has 0 radical (unpaired) electrons. The van der Waals surface area contributed by atoms with E-state index in [0.29, 0.717) is 0 Å². The van der Waals surface area contributed by atoms with E-state index < -0.39 is 0 Å². The molecule has 0 aromatic heterocycles. The van der Waals surface area contributed by atoms with Gasteiger partial charge in [-0.2, -0.15) is 0 Å². The average Bonchev–Trinajstić information content (AvgIpc) is 2.07. The minimum atomic E-state index is 0.896. The van der Waals surface area contributed by atoms with Crippen molar-refractivity contribution in [2.24, 2.45) is 0 Å². The van der Waals surface area contributed by atoms with Gasteiger partial charge in [0, 0.05) is 9.80 Å². The standard InChI is InChI=1S/C10H10Br2/c1-8-4-5-10(12)9(7-8)3-2-6-11/h2-5,7H,6H2,1H3. The van der Waals surface area contributed by atoms with Crippen molar-refractivity contribution in [2.45, 2.75) is 6.92 Å². The molecule has 1 rings (SSSR count). The van der Waals surface area contributed by atoms with Gasteiger partial charge in [-0.25, -0.2) is 0 Å². The molecule has 0 heterocycles. The molecule has 0 spiro atoms. The Bertz CT molecular complexity index is 290. The van der Waals surface area contributed by atoms with Crippen molar-refractivity contribution in [2.75, 3.05) is 5.33 Å². The van der Waals surface area contributed by atoms with Crippen molar-refractivity contribution >= 4 is 37.9 Å². The maximum Gasteiger partial charge on any atom is 0.0247 e. The zero-order valence-electron chi connectivity index (χ0n) is 6.85. The number of halogens is 2. The summed E-state index contributed by atoms with van der Waals surface area (Å²) >= 11 is 6.84. The van der Waals surface area contributed by atoms with Crippen LogP contribution in [0.2, 0.25) is 0 Å². The molecule has 0 atom stereocenters. The molecular weight excluding hydrogens is 280 g/mol. The Labute approximate surface area is 89.9 Å². The van der Waals surface area contributed by atoms with Gasteiger partial charge in [0.15, 0.2) is 0 Å². The molecule has 0 N–H and O–H groups in total. The molecule has 0 saturated heterocycles. The van der Waals surface area contributed by atoms with Gasteiger partial charge < -0.3 is 0 Å². The fraction of sp³-hybridized carbons (Fsp3) is 0.200. The molecular formula is C10H10Br2. The van der Waals surface area contributed by atoms with Crippen LogP contribution in [0.4, 0.5) is 0 Å². The monoisotopic (exact) mass is 288 g/mol. The Morgan fingerprint density at radius 1 is 1.42 bits per heavy atom. The highest BCUT2D eigenvalue weighted by Crippen LogP contribution is 2.19. The maximum atomic E-state index is 3.49. The Hall–Kier alpha value is -0.0800. The fourth-order valence-electron chi connectivity index (χ4n) is 0.962. The van der Waals surface area contributed by atoms with Gasteiger partial charge in [-0.1, -0.05) is 61.7 Å². The van der Waals surface area contributed by atoms with Crippen LogP contribution >= 0.6 is 31.9 Å². The van der Waals surface area contributed by atoms with Gasteiger partial charge in [-0.05, 0) is 18.6 Å². The van der Waals surface area contributed by atoms with Gasteiger partial charge in [-0.3, -0.25) is 0 Å². The smallest absolute Gasteiger partial charge is 0.0247 e. The second kappa shape index (κ2) is 4.83. The lowest BCUT2D eigenvalue weighted by atomic mass is 10.1. The van der Waals surface area contributed by atoms with Crippen LogP contribution in [0.3, 0.4) is 0 Å². The van der Waals surface area contributed by atoms with Crippen LogP contribution in [0, 0.1) is 6.92 Å². The van der Waals surface area contributed by atoms with E-state index in [0.717, 1.165) is 9.80 Å². The van der Waals surface area contributed by atoms with Gasteiger partial charge in [0.1, 0.15) is 0 Å². The number of hydrogen-bond acceptors (Lipinski definition) is 0. The Kier molecular flexibility index (Phi) is 4.02. The van der Waals surface area contributed by atoms with E-state index in [2.05, 4.69) is 69.1 Å². The van der Waals surface area contributed by atoms with Crippen molar-refractivity contribution in [1.29, 1.82) is 0 Å². The first kappa shape index (κ1) is 10.0. The van der Waals surface area contributed by atoms with Crippen LogP contribution in [0.1, 0.15) is 11.1 Å². The summed E-state index contributed by atoms with van der Waals surface area (Å²) in [6, 6.07) is 6.32. The average molecular weight is 290 g/mol. The summed E-state index contributed by atoms with van der Waals surface area (Å²) < 4.78 is 1.14. The minimum absolute atomic E-state index is 0.896. The number of alkyl halides is 1. The summed E-state index contributed by atoms with van der Waals surface area (Å²) in [5, 5.41) is 0.896. The molecule has 0 fully saturated rings. The summed E-state index contributed by atoms with van der Waals surface area (Å²) in [7, 11) is 0. The van der Waals surface area contributed by atoms with E-state index in [-0.39, 0.29) is 0 Å². The summed E-state index contributed by atoms with van der Waals surface area (Å²) in [5.74, 6) is 0. The third-order valence-electron chi connectivity index (χ3n) is 1.54. The molecule has 0 amide bonds. The first-order chi connectivity index (χ1) is 5.74. The highest BCUT2D eigenvalue weighted by molar-refractivity contribution is 9.10. The summed E-state index contributed by atoms with van der Waals surface area (Å²) in [5.41, 5.74) is 2.52. The number of rotatable bonds is 2. The van der Waals surface area contributed by atoms with E-state index >= 15 is 0 Å². The Morgan fingerprint density at radius 2 is 2.17 bits per heavy atom. The largest absolute Gasteiger partial charge is 0.0883 e. The Morgan fingerprint density at radius 3 is 2.83 bits per heavy atom. The zero-order valence-corrected chi connectivity index (χ0v) is 10.0. The molecule has 0 aliphatic carbocycles. The highest BCUT2D eigenvalue weighted by Gasteiger charge is 1.94. The van der Waals surface area contributed by atoms with Crippen LogP contribution in [0.5, 0.6) is 0 Å². The summed E-state index contributed by atoms with van der Waals surface area (Å²) in [4.78, 5) is 0. The topological polar surface area (TPSA) is 0 Å². The molecule has 0 saturated carbocycles. The lowest BCUT2D eigenvalue weighted by Crippen LogP contribution is -1.78. The van der Waals surface area contributed by atoms with Crippen LogP contribution < -0.4 is 0 Å². The summed E-state index contributed by atoms with van der Waals surface area (Å²) in [6.45, 7) is 2.10. The van der Waals surface area contributed by atoms with Gasteiger partial charge in [0.25, 0.3) is 0 Å². The van der Waals surface area contributed by atoms with Crippen molar-refractivity contribution in [3.63, 3.8) is 0 Å². The quantitative estimate of drug-likeness (QED) is 0.717. The van der Waals surface area contributed by atoms with Crippen molar-refractivity contribution in [3.8, 4) is 0 Å². The molecule has 1 aromatic rings. The number of aryl methyl sites for hydroxylation is 1. The van der Waals surface area contributed by atoms with Crippen LogP contribution in [-0.4, -0.2) is 5.33 Å². The molecule has 0 unspecified atom stereocenters. The van der Waals surface area contributed by atoms with E-state index in [4.69, 9.17) is 0 Å². The third-order valence-corrected chi connectivity index (χ3v) is 2.63. The number of benzene rings is 1. The van der Waals surface area contributed by atoms with Crippen LogP contribution in [0.15, 0.2) is 28.7 Å². The molecule has 1 aromatic carbocycles. The summed E-state index contributed by atoms with van der Waals surface area (Å²) in [6.07, 6.45) is 4.19. The molecule has 0 nitrogen and oxygen atoms in total. The molecule has 0 bridgehead atoms. The van der Waals surface area contributed by atoms with Crippen molar-refractivity contribution in [3.05, 3.63) is 39.9 Å². The molecule has 12 heavy (non-hydrogen) atoms. The fourth-order valence-corrected chi connectivity index (χ4v) is 1.53. The van der Waals surface area contributed by atoms with Gasteiger partial charge in [-0.15, -0.1) is 0 Å². The molecule has 64 valence electrons.